The molecule has 0 saturated carbocycles. The number of benzene rings is 4. The van der Waals surface area contributed by atoms with Gasteiger partial charge in [-0.15, -0.1) is 0 Å². The molecule has 288 valence electrons. The first-order valence-electron chi connectivity index (χ1n) is 19.9. The van der Waals surface area contributed by atoms with E-state index in [4.69, 9.17) is 0 Å². The molecule has 4 aromatic rings. The molecule has 9 heteroatoms. The molecule has 6 nitrogen and oxygen atoms in total. The topological polar surface area (TPSA) is 114 Å². The zero-order chi connectivity index (χ0) is 38.0. The number of aryl methyl sites for hydroxylation is 4. The van der Waals surface area contributed by atoms with Gasteiger partial charge in [0.2, 0.25) is 0 Å². The minimum absolute atomic E-state index is 0. The summed E-state index contributed by atoms with van der Waals surface area (Å²) < 4.78 is 71.6. The Balaban J connectivity index is 0.000000360. The third-order valence-electron chi connectivity index (χ3n) is 9.97. The molecular formula is C44H62BaO6S2. The molecular weight excluding hydrogens is 826 g/mol. The molecule has 0 fully saturated rings. The van der Waals surface area contributed by atoms with Gasteiger partial charge in [0, 0.05) is 0 Å². The summed E-state index contributed by atoms with van der Waals surface area (Å²) in [5.41, 5.74) is 3.75. The van der Waals surface area contributed by atoms with E-state index >= 15 is 0 Å². The fourth-order valence-electron chi connectivity index (χ4n) is 7.08. The predicted molar refractivity (Wildman–Crippen MR) is 221 cm³/mol. The fourth-order valence-corrected chi connectivity index (χ4v) is 8.98. The molecule has 0 aromatic heterocycles. The first-order valence-corrected chi connectivity index (χ1v) is 22.8. The molecule has 0 radical (unpaired) electrons. The van der Waals surface area contributed by atoms with E-state index in [2.05, 4.69) is 27.7 Å². The molecule has 0 spiro atoms. The van der Waals surface area contributed by atoms with Crippen LogP contribution in [0.15, 0.2) is 70.5 Å². The van der Waals surface area contributed by atoms with Crippen LogP contribution in [-0.2, 0) is 45.9 Å². The molecule has 0 heterocycles. The minimum Gasteiger partial charge on any atom is -0.744 e. The Morgan fingerprint density at radius 2 is 0.736 bits per heavy atom. The van der Waals surface area contributed by atoms with Crippen LogP contribution in [0.25, 0.3) is 21.5 Å². The third-order valence-corrected chi connectivity index (χ3v) is 11.9. The van der Waals surface area contributed by atoms with Crippen LogP contribution in [0.1, 0.15) is 153 Å². The van der Waals surface area contributed by atoms with E-state index < -0.39 is 20.2 Å². The number of rotatable bonds is 22. The summed E-state index contributed by atoms with van der Waals surface area (Å²) >= 11 is 0. The van der Waals surface area contributed by atoms with Crippen LogP contribution in [0.2, 0.25) is 0 Å². The molecule has 0 unspecified atom stereocenters. The molecule has 53 heavy (non-hydrogen) atoms. The largest absolute Gasteiger partial charge is 2.00 e. The van der Waals surface area contributed by atoms with Crippen molar-refractivity contribution in [2.24, 2.45) is 0 Å². The Kier molecular flexibility index (Phi) is 22.7. The normalized spacial score (nSPS) is 11.7. The zero-order valence-corrected chi connectivity index (χ0v) is 39.0. The average molecular weight is 888 g/mol. The number of fused-ring (bicyclic) bond motifs is 2. The van der Waals surface area contributed by atoms with Gasteiger partial charge in [0.05, 0.1) is 9.79 Å². The van der Waals surface area contributed by atoms with E-state index in [0.717, 1.165) is 87.8 Å². The average Bonchev–Trinajstić information content (AvgIpc) is 3.11. The molecule has 0 N–H and O–H groups in total. The Morgan fingerprint density at radius 1 is 0.415 bits per heavy atom. The number of hydrogen-bond donors (Lipinski definition) is 0. The Bertz CT molecular complexity index is 1770. The van der Waals surface area contributed by atoms with Crippen molar-refractivity contribution in [1.82, 2.24) is 0 Å². The second-order valence-electron chi connectivity index (χ2n) is 14.4. The molecule has 0 aliphatic heterocycles. The van der Waals surface area contributed by atoms with Gasteiger partial charge in [0.15, 0.2) is 0 Å². The molecule has 0 bridgehead atoms. The van der Waals surface area contributed by atoms with Crippen LogP contribution in [0, 0.1) is 0 Å². The summed E-state index contributed by atoms with van der Waals surface area (Å²) in [6.45, 7) is 8.67. The fraction of sp³-hybridized carbons (Fsp3) is 0.545. The van der Waals surface area contributed by atoms with E-state index in [1.807, 2.05) is 60.7 Å². The Labute approximate surface area is 361 Å². The van der Waals surface area contributed by atoms with Crippen molar-refractivity contribution in [3.8, 4) is 0 Å². The molecule has 0 atom stereocenters. The van der Waals surface area contributed by atoms with Crippen molar-refractivity contribution < 1.29 is 25.9 Å². The molecule has 4 rings (SSSR count). The van der Waals surface area contributed by atoms with Gasteiger partial charge in [0.1, 0.15) is 20.2 Å². The van der Waals surface area contributed by atoms with Crippen LogP contribution >= 0.6 is 0 Å². The quantitative estimate of drug-likeness (QED) is 0.0441. The number of unbranched alkanes of at least 4 members (excludes halogenated alkanes) is 12. The summed E-state index contributed by atoms with van der Waals surface area (Å²) in [6.07, 6.45) is 21.4. The van der Waals surface area contributed by atoms with Gasteiger partial charge in [-0.2, -0.15) is 0 Å². The van der Waals surface area contributed by atoms with Crippen molar-refractivity contribution in [2.45, 2.75) is 166 Å². The maximum Gasteiger partial charge on any atom is 2.00 e. The first-order chi connectivity index (χ1) is 24.9. The van der Waals surface area contributed by atoms with Crippen molar-refractivity contribution in [3.05, 3.63) is 82.9 Å². The smallest absolute Gasteiger partial charge is 0.744 e. The minimum atomic E-state index is -4.49. The van der Waals surface area contributed by atoms with E-state index in [1.165, 1.54) is 49.7 Å². The van der Waals surface area contributed by atoms with Crippen LogP contribution < -0.4 is 0 Å². The van der Waals surface area contributed by atoms with Gasteiger partial charge >= 0.3 is 48.9 Å². The van der Waals surface area contributed by atoms with E-state index in [1.54, 1.807) is 0 Å². The third kappa shape index (κ3) is 16.1. The van der Waals surface area contributed by atoms with Gasteiger partial charge in [-0.25, -0.2) is 16.8 Å². The van der Waals surface area contributed by atoms with Gasteiger partial charge in [-0.05, 0) is 95.2 Å². The predicted octanol–water partition coefficient (Wildman–Crippen LogP) is 11.6. The number of hydrogen-bond acceptors (Lipinski definition) is 6. The summed E-state index contributed by atoms with van der Waals surface area (Å²) in [6, 6.07) is 19.3. The molecule has 0 aliphatic rings. The van der Waals surface area contributed by atoms with E-state index in [-0.39, 0.29) is 58.7 Å². The molecule has 0 aliphatic carbocycles. The van der Waals surface area contributed by atoms with Crippen molar-refractivity contribution >= 4 is 90.7 Å². The van der Waals surface area contributed by atoms with E-state index in [9.17, 15) is 25.9 Å². The second-order valence-corrected chi connectivity index (χ2v) is 17.0. The van der Waals surface area contributed by atoms with Crippen LogP contribution in [0.5, 0.6) is 0 Å². The van der Waals surface area contributed by atoms with E-state index in [0.29, 0.717) is 34.7 Å². The van der Waals surface area contributed by atoms with Gasteiger partial charge < -0.3 is 9.11 Å². The van der Waals surface area contributed by atoms with Crippen molar-refractivity contribution in [3.63, 3.8) is 0 Å². The maximum absolute atomic E-state index is 11.9. The summed E-state index contributed by atoms with van der Waals surface area (Å²) in [7, 11) is -8.98. The van der Waals surface area contributed by atoms with Crippen molar-refractivity contribution in [1.29, 1.82) is 0 Å². The van der Waals surface area contributed by atoms with Crippen LogP contribution in [-0.4, -0.2) is 74.8 Å². The Hall–Kier alpha value is -1.21. The van der Waals surface area contributed by atoms with Gasteiger partial charge in [-0.3, -0.25) is 0 Å². The SMILES string of the molecule is CCCCCCc1ccc2c(S(=O)(=O)[O-])c(CCCCCC)ccc2c1.CCCCCCc1ccc2c(S(=O)(=O)[O-])c(CCCCCC)ccc2c1.[Ba+2]. The van der Waals surface area contributed by atoms with Crippen molar-refractivity contribution in [2.75, 3.05) is 0 Å². The molecule has 0 saturated heterocycles. The zero-order valence-electron chi connectivity index (χ0n) is 32.9. The van der Waals surface area contributed by atoms with Gasteiger partial charge in [0.25, 0.3) is 0 Å². The second kappa shape index (κ2) is 25.1. The first kappa shape index (κ1) is 47.9. The molecule has 4 aromatic carbocycles. The monoisotopic (exact) mass is 888 g/mol. The van der Waals surface area contributed by atoms with Gasteiger partial charge in [-0.1, -0.05) is 165 Å². The Morgan fingerprint density at radius 3 is 1.04 bits per heavy atom. The summed E-state index contributed by atoms with van der Waals surface area (Å²) in [5.74, 6) is 0. The molecule has 0 amide bonds. The summed E-state index contributed by atoms with van der Waals surface area (Å²) in [4.78, 5) is -0.0203. The van der Waals surface area contributed by atoms with Crippen LogP contribution in [0.4, 0.5) is 0 Å². The van der Waals surface area contributed by atoms with Crippen LogP contribution in [0.3, 0.4) is 0 Å². The standard InChI is InChI=1S/2C22H32O3S.Ba/c2*1-3-5-7-9-11-18-13-16-21-20(17-18)15-14-19(12-10-8-6-4-2)22(21)26(23,24)25;/h2*13-17H,3-12H2,1-2H3,(H,23,24,25);/q;;+2/p-2. The summed E-state index contributed by atoms with van der Waals surface area (Å²) in [5, 5.41) is 2.85. The maximum atomic E-state index is 11.9.